The van der Waals surface area contributed by atoms with Gasteiger partial charge in [-0.15, -0.1) is 0 Å². The molecule has 0 saturated carbocycles. The van der Waals surface area contributed by atoms with Gasteiger partial charge in [0, 0.05) is 26.2 Å². The number of benzene rings is 2. The molecule has 5 nitrogen and oxygen atoms in total. The van der Waals surface area contributed by atoms with Crippen molar-refractivity contribution in [1.29, 1.82) is 0 Å². The van der Waals surface area contributed by atoms with Crippen LogP contribution in [0.5, 0.6) is 0 Å². The molecule has 168 valence electrons. The number of likely N-dealkylation sites (N-methyl/N-ethyl adjacent to an activating group) is 1. The molecular weight excluding hydrogens is 405 g/mol. The van der Waals surface area contributed by atoms with E-state index in [1.54, 1.807) is 12.1 Å². The number of hydrogen-bond donors (Lipinski definition) is 0. The van der Waals surface area contributed by atoms with Gasteiger partial charge in [-0.05, 0) is 54.8 Å². The number of piperazine rings is 1. The SMILES string of the molecule is CCCCc1ccc(N2C(=O)C(c3ccc(F)cc3)=C(N3CCN(CC)CC3)C2=O)cc1. The Bertz CT molecular complexity index is 1010. The molecule has 0 bridgehead atoms. The van der Waals surface area contributed by atoms with E-state index in [1.165, 1.54) is 22.6 Å². The highest BCUT2D eigenvalue weighted by molar-refractivity contribution is 6.45. The summed E-state index contributed by atoms with van der Waals surface area (Å²) in [6, 6.07) is 13.5. The van der Waals surface area contributed by atoms with Crippen LogP contribution in [0, 0.1) is 5.82 Å². The van der Waals surface area contributed by atoms with Crippen molar-refractivity contribution >= 4 is 23.1 Å². The molecule has 4 rings (SSSR count). The van der Waals surface area contributed by atoms with E-state index in [9.17, 15) is 14.0 Å². The predicted octanol–water partition coefficient (Wildman–Crippen LogP) is 4.09. The third kappa shape index (κ3) is 4.32. The standard InChI is InChI=1S/C26H30FN3O2/c1-3-5-6-19-7-13-22(14-8-19)30-25(31)23(20-9-11-21(27)12-10-20)24(26(30)32)29-17-15-28(4-2)16-18-29/h7-14H,3-6,15-18H2,1-2H3. The Labute approximate surface area is 189 Å². The van der Waals surface area contributed by atoms with Gasteiger partial charge in [-0.25, -0.2) is 9.29 Å². The number of hydrogen-bond acceptors (Lipinski definition) is 4. The van der Waals surface area contributed by atoms with Crippen LogP contribution in [0.15, 0.2) is 54.2 Å². The van der Waals surface area contributed by atoms with Gasteiger partial charge in [0.2, 0.25) is 0 Å². The van der Waals surface area contributed by atoms with Crippen molar-refractivity contribution < 1.29 is 14.0 Å². The molecule has 0 aliphatic carbocycles. The molecule has 2 aromatic rings. The van der Waals surface area contributed by atoms with Crippen molar-refractivity contribution in [3.63, 3.8) is 0 Å². The molecule has 0 radical (unpaired) electrons. The van der Waals surface area contributed by atoms with Crippen LogP contribution in [0.1, 0.15) is 37.8 Å². The molecule has 2 aliphatic heterocycles. The second kappa shape index (κ2) is 9.65. The van der Waals surface area contributed by atoms with Gasteiger partial charge in [0.1, 0.15) is 11.5 Å². The average molecular weight is 436 g/mol. The van der Waals surface area contributed by atoms with Gasteiger partial charge in [0.05, 0.1) is 11.3 Å². The normalized spacial score (nSPS) is 17.6. The van der Waals surface area contributed by atoms with Crippen molar-refractivity contribution in [2.45, 2.75) is 33.1 Å². The van der Waals surface area contributed by atoms with Crippen LogP contribution in [-0.4, -0.2) is 54.3 Å². The minimum absolute atomic E-state index is 0.305. The summed E-state index contributed by atoms with van der Waals surface area (Å²) in [5.41, 5.74) is 3.11. The Hall–Kier alpha value is -2.99. The number of imide groups is 1. The summed E-state index contributed by atoms with van der Waals surface area (Å²) in [5, 5.41) is 0. The number of rotatable bonds is 7. The minimum atomic E-state index is -0.372. The molecule has 0 aromatic heterocycles. The lowest BCUT2D eigenvalue weighted by Gasteiger charge is -2.36. The molecule has 1 saturated heterocycles. The fraction of sp³-hybridized carbons (Fsp3) is 0.385. The van der Waals surface area contributed by atoms with E-state index < -0.39 is 0 Å². The molecule has 6 heteroatoms. The number of amides is 2. The van der Waals surface area contributed by atoms with Gasteiger partial charge in [0.15, 0.2) is 0 Å². The molecule has 2 amide bonds. The molecule has 0 spiro atoms. The van der Waals surface area contributed by atoms with Gasteiger partial charge in [-0.3, -0.25) is 9.59 Å². The highest BCUT2D eigenvalue weighted by atomic mass is 19.1. The number of carbonyl (C=O) groups is 2. The van der Waals surface area contributed by atoms with E-state index >= 15 is 0 Å². The van der Waals surface area contributed by atoms with Crippen molar-refractivity contribution in [2.75, 3.05) is 37.6 Å². The van der Waals surface area contributed by atoms with E-state index in [4.69, 9.17) is 0 Å². The number of unbranched alkanes of at least 4 members (excludes halogenated alkanes) is 1. The zero-order chi connectivity index (χ0) is 22.7. The maximum absolute atomic E-state index is 13.6. The Kier molecular flexibility index (Phi) is 6.70. The summed E-state index contributed by atoms with van der Waals surface area (Å²) in [4.78, 5) is 32.7. The third-order valence-corrected chi connectivity index (χ3v) is 6.34. The smallest absolute Gasteiger partial charge is 0.282 e. The molecule has 2 aliphatic rings. The Morgan fingerprint density at radius 1 is 0.844 bits per heavy atom. The molecule has 2 aromatic carbocycles. The maximum Gasteiger partial charge on any atom is 0.282 e. The Morgan fingerprint density at radius 2 is 1.50 bits per heavy atom. The molecule has 0 N–H and O–H groups in total. The van der Waals surface area contributed by atoms with Crippen molar-refractivity contribution in [3.8, 4) is 0 Å². The summed E-state index contributed by atoms with van der Waals surface area (Å²) < 4.78 is 13.6. The van der Waals surface area contributed by atoms with Crippen LogP contribution in [0.25, 0.3) is 5.57 Å². The topological polar surface area (TPSA) is 43.9 Å². The number of nitrogens with zero attached hydrogens (tertiary/aromatic N) is 3. The van der Waals surface area contributed by atoms with Crippen LogP contribution in [-0.2, 0) is 16.0 Å². The number of halogens is 1. The highest BCUT2D eigenvalue weighted by Gasteiger charge is 2.43. The van der Waals surface area contributed by atoms with Crippen LogP contribution < -0.4 is 4.90 Å². The number of aryl methyl sites for hydroxylation is 1. The molecule has 0 atom stereocenters. The number of anilines is 1. The summed E-state index contributed by atoms with van der Waals surface area (Å²) in [5.74, 6) is -1.03. The Balaban J connectivity index is 1.69. The molecule has 32 heavy (non-hydrogen) atoms. The largest absolute Gasteiger partial charge is 0.364 e. The quantitative estimate of drug-likeness (QED) is 0.615. The molecule has 0 unspecified atom stereocenters. The van der Waals surface area contributed by atoms with Gasteiger partial charge in [-0.1, -0.05) is 44.5 Å². The van der Waals surface area contributed by atoms with E-state index in [0.717, 1.165) is 38.9 Å². The average Bonchev–Trinajstić information content (AvgIpc) is 3.08. The van der Waals surface area contributed by atoms with Crippen molar-refractivity contribution in [2.24, 2.45) is 0 Å². The van der Waals surface area contributed by atoms with E-state index in [0.29, 0.717) is 35.6 Å². The minimum Gasteiger partial charge on any atom is -0.364 e. The summed E-state index contributed by atoms with van der Waals surface area (Å²) in [7, 11) is 0. The first kappa shape index (κ1) is 22.2. The van der Waals surface area contributed by atoms with E-state index in [-0.39, 0.29) is 17.6 Å². The molecular formula is C26H30FN3O2. The fourth-order valence-electron chi connectivity index (χ4n) is 4.40. The fourth-order valence-corrected chi connectivity index (χ4v) is 4.40. The number of carbonyl (C=O) groups excluding carboxylic acids is 2. The van der Waals surface area contributed by atoms with Crippen LogP contribution in [0.4, 0.5) is 10.1 Å². The first-order chi connectivity index (χ1) is 15.5. The first-order valence-corrected chi connectivity index (χ1v) is 11.5. The third-order valence-electron chi connectivity index (χ3n) is 6.34. The Morgan fingerprint density at radius 3 is 2.09 bits per heavy atom. The van der Waals surface area contributed by atoms with Crippen LogP contribution in [0.2, 0.25) is 0 Å². The van der Waals surface area contributed by atoms with Crippen molar-refractivity contribution in [3.05, 3.63) is 71.2 Å². The van der Waals surface area contributed by atoms with Gasteiger partial charge < -0.3 is 9.80 Å². The van der Waals surface area contributed by atoms with Gasteiger partial charge >= 0.3 is 0 Å². The summed E-state index contributed by atoms with van der Waals surface area (Å²) in [6.07, 6.45) is 3.19. The van der Waals surface area contributed by atoms with E-state index in [1.807, 2.05) is 29.2 Å². The lowest BCUT2D eigenvalue weighted by Crippen LogP contribution is -2.47. The lowest BCUT2D eigenvalue weighted by molar-refractivity contribution is -0.120. The summed E-state index contributed by atoms with van der Waals surface area (Å²) in [6.45, 7) is 8.26. The molecule has 2 heterocycles. The predicted molar refractivity (Wildman–Crippen MR) is 125 cm³/mol. The lowest BCUT2D eigenvalue weighted by atomic mass is 10.0. The van der Waals surface area contributed by atoms with Crippen LogP contribution in [0.3, 0.4) is 0 Å². The van der Waals surface area contributed by atoms with Gasteiger partial charge in [0.25, 0.3) is 11.8 Å². The van der Waals surface area contributed by atoms with Gasteiger partial charge in [-0.2, -0.15) is 0 Å². The first-order valence-electron chi connectivity index (χ1n) is 11.5. The zero-order valence-electron chi connectivity index (χ0n) is 18.8. The maximum atomic E-state index is 13.6. The monoisotopic (exact) mass is 435 g/mol. The summed E-state index contributed by atoms with van der Waals surface area (Å²) >= 11 is 0. The second-order valence-electron chi connectivity index (χ2n) is 8.37. The second-order valence-corrected chi connectivity index (χ2v) is 8.37. The highest BCUT2D eigenvalue weighted by Crippen LogP contribution is 2.35. The van der Waals surface area contributed by atoms with E-state index in [2.05, 4.69) is 18.7 Å². The zero-order valence-corrected chi connectivity index (χ0v) is 18.8. The van der Waals surface area contributed by atoms with Crippen molar-refractivity contribution in [1.82, 2.24) is 9.80 Å². The molecule has 1 fully saturated rings. The van der Waals surface area contributed by atoms with Crippen LogP contribution >= 0.6 is 0 Å².